The topological polar surface area (TPSA) is 76.9 Å². The molecule has 23 heavy (non-hydrogen) atoms. The Bertz CT molecular complexity index is 752. The number of aromatic hydroxyl groups is 2. The number of hydrazone groups is 1. The Hall–Kier alpha value is -2.60. The fraction of sp³-hybridized carbons (Fsp3) is 0.176. The Morgan fingerprint density at radius 1 is 1.09 bits per heavy atom. The highest BCUT2D eigenvalue weighted by Crippen LogP contribution is 2.23. The lowest BCUT2D eigenvalue weighted by Crippen LogP contribution is -2.25. The third kappa shape index (κ3) is 4.20. The molecular weight excluding hydrogens is 310 g/mol. The molecule has 0 saturated heterocycles. The minimum Gasteiger partial charge on any atom is -0.508 e. The van der Waals surface area contributed by atoms with Gasteiger partial charge < -0.3 is 15.5 Å². The lowest BCUT2D eigenvalue weighted by Gasteiger charge is -2.13. The highest BCUT2D eigenvalue weighted by atomic mass is 32.1. The van der Waals surface area contributed by atoms with Crippen LogP contribution in [0.3, 0.4) is 0 Å². The molecule has 0 saturated carbocycles. The molecule has 0 aliphatic heterocycles. The minimum atomic E-state index is -0.0401. The zero-order valence-corrected chi connectivity index (χ0v) is 14.0. The van der Waals surface area contributed by atoms with E-state index in [0.29, 0.717) is 16.4 Å². The van der Waals surface area contributed by atoms with Crippen LogP contribution in [0, 0.1) is 13.8 Å². The lowest BCUT2D eigenvalue weighted by atomic mass is 10.1. The number of benzene rings is 2. The summed E-state index contributed by atoms with van der Waals surface area (Å²) in [6.07, 6.45) is 0. The van der Waals surface area contributed by atoms with Crippen LogP contribution in [0.1, 0.15) is 23.6 Å². The van der Waals surface area contributed by atoms with Crippen molar-refractivity contribution in [3.8, 4) is 11.5 Å². The van der Waals surface area contributed by atoms with E-state index in [2.05, 4.69) is 15.8 Å². The van der Waals surface area contributed by atoms with Crippen molar-refractivity contribution in [1.82, 2.24) is 5.43 Å². The standard InChI is InChI=1S/C17H19N3O2S/c1-10-5-4-6-11(2)16(10)18-17(23)20-19-12(3)14-8-7-13(21)9-15(14)22/h4-9,21-22H,1-3H3,(H2,18,20,23). The summed E-state index contributed by atoms with van der Waals surface area (Å²) in [5.74, 6) is -0.0408. The molecule has 0 amide bonds. The van der Waals surface area contributed by atoms with Crippen molar-refractivity contribution in [3.63, 3.8) is 0 Å². The molecule has 0 fully saturated rings. The molecule has 0 atom stereocenters. The van der Waals surface area contributed by atoms with Gasteiger partial charge in [-0.2, -0.15) is 5.10 Å². The largest absolute Gasteiger partial charge is 0.508 e. The van der Waals surface area contributed by atoms with Gasteiger partial charge in [0.1, 0.15) is 11.5 Å². The summed E-state index contributed by atoms with van der Waals surface area (Å²) >= 11 is 5.25. The van der Waals surface area contributed by atoms with Crippen LogP contribution in [0.4, 0.5) is 5.69 Å². The number of anilines is 1. The number of phenols is 2. The lowest BCUT2D eigenvalue weighted by molar-refractivity contribution is 0.450. The summed E-state index contributed by atoms with van der Waals surface area (Å²) in [5, 5.41) is 26.8. The zero-order valence-electron chi connectivity index (χ0n) is 13.2. The van der Waals surface area contributed by atoms with Crippen molar-refractivity contribution in [1.29, 1.82) is 0 Å². The highest BCUT2D eigenvalue weighted by Gasteiger charge is 2.07. The number of hydrogen-bond donors (Lipinski definition) is 4. The quantitative estimate of drug-likeness (QED) is 0.394. The van der Waals surface area contributed by atoms with Crippen LogP contribution in [-0.2, 0) is 0 Å². The van der Waals surface area contributed by atoms with Gasteiger partial charge in [-0.1, -0.05) is 18.2 Å². The Morgan fingerprint density at radius 3 is 2.35 bits per heavy atom. The number of para-hydroxylation sites is 1. The smallest absolute Gasteiger partial charge is 0.191 e. The molecular formula is C17H19N3O2S. The first kappa shape index (κ1) is 16.8. The molecule has 5 nitrogen and oxygen atoms in total. The molecule has 0 radical (unpaired) electrons. The number of nitrogens with zero attached hydrogens (tertiary/aromatic N) is 1. The second-order valence-electron chi connectivity index (χ2n) is 5.23. The van der Waals surface area contributed by atoms with Crippen molar-refractivity contribution < 1.29 is 10.2 Å². The van der Waals surface area contributed by atoms with Crippen LogP contribution >= 0.6 is 12.2 Å². The van der Waals surface area contributed by atoms with Gasteiger partial charge in [0.2, 0.25) is 0 Å². The van der Waals surface area contributed by atoms with Gasteiger partial charge in [0.15, 0.2) is 5.11 Å². The van der Waals surface area contributed by atoms with E-state index in [1.54, 1.807) is 13.0 Å². The van der Waals surface area contributed by atoms with E-state index in [1.165, 1.54) is 12.1 Å². The van der Waals surface area contributed by atoms with Crippen molar-refractivity contribution in [2.24, 2.45) is 5.10 Å². The van der Waals surface area contributed by atoms with Gasteiger partial charge in [0, 0.05) is 17.3 Å². The Morgan fingerprint density at radius 2 is 1.74 bits per heavy atom. The van der Waals surface area contributed by atoms with E-state index in [0.717, 1.165) is 16.8 Å². The normalized spacial score (nSPS) is 11.2. The molecule has 0 aromatic heterocycles. The van der Waals surface area contributed by atoms with Crippen molar-refractivity contribution in [2.45, 2.75) is 20.8 Å². The number of rotatable bonds is 3. The van der Waals surface area contributed by atoms with Gasteiger partial charge in [0.05, 0.1) is 5.71 Å². The van der Waals surface area contributed by atoms with Gasteiger partial charge >= 0.3 is 0 Å². The second-order valence-corrected chi connectivity index (χ2v) is 5.64. The second kappa shape index (κ2) is 7.11. The van der Waals surface area contributed by atoms with Gasteiger partial charge in [-0.05, 0) is 56.2 Å². The molecule has 0 heterocycles. The fourth-order valence-electron chi connectivity index (χ4n) is 2.17. The van der Waals surface area contributed by atoms with Gasteiger partial charge in [-0.25, -0.2) is 0 Å². The zero-order chi connectivity index (χ0) is 17.0. The predicted octanol–water partition coefficient (Wildman–Crippen LogP) is 3.43. The summed E-state index contributed by atoms with van der Waals surface area (Å²) in [7, 11) is 0. The first-order valence-corrected chi connectivity index (χ1v) is 7.49. The van der Waals surface area contributed by atoms with Crippen LogP contribution in [0.2, 0.25) is 0 Å². The maximum Gasteiger partial charge on any atom is 0.191 e. The third-order valence-electron chi connectivity index (χ3n) is 3.42. The van der Waals surface area contributed by atoms with Crippen LogP contribution in [0.15, 0.2) is 41.5 Å². The monoisotopic (exact) mass is 329 g/mol. The highest BCUT2D eigenvalue weighted by molar-refractivity contribution is 7.80. The van der Waals surface area contributed by atoms with E-state index in [4.69, 9.17) is 12.2 Å². The van der Waals surface area contributed by atoms with Crippen molar-refractivity contribution in [3.05, 3.63) is 53.1 Å². The summed E-state index contributed by atoms with van der Waals surface area (Å²) in [5.41, 5.74) is 6.96. The molecule has 2 aromatic carbocycles. The Balaban J connectivity index is 2.08. The fourth-order valence-corrected chi connectivity index (χ4v) is 2.32. The van der Waals surface area contributed by atoms with Crippen molar-refractivity contribution in [2.75, 3.05) is 5.32 Å². The molecule has 0 aliphatic carbocycles. The SMILES string of the molecule is CC(=NNC(=S)Nc1c(C)cccc1C)c1ccc(O)cc1O. The van der Waals surface area contributed by atoms with E-state index in [9.17, 15) is 10.2 Å². The Kier molecular flexibility index (Phi) is 5.18. The van der Waals surface area contributed by atoms with Crippen LogP contribution in [-0.4, -0.2) is 21.0 Å². The van der Waals surface area contributed by atoms with Gasteiger partial charge in [-0.15, -0.1) is 0 Å². The van der Waals surface area contributed by atoms with E-state index in [-0.39, 0.29) is 11.5 Å². The van der Waals surface area contributed by atoms with Gasteiger partial charge in [0.25, 0.3) is 0 Å². The van der Waals surface area contributed by atoms with Crippen LogP contribution < -0.4 is 10.7 Å². The summed E-state index contributed by atoms with van der Waals surface area (Å²) in [6, 6.07) is 10.3. The van der Waals surface area contributed by atoms with E-state index >= 15 is 0 Å². The molecule has 0 unspecified atom stereocenters. The average molecular weight is 329 g/mol. The maximum atomic E-state index is 9.82. The van der Waals surface area contributed by atoms with Gasteiger partial charge in [-0.3, -0.25) is 5.43 Å². The molecule has 6 heteroatoms. The number of aryl methyl sites for hydroxylation is 2. The summed E-state index contributed by atoms with van der Waals surface area (Å²) < 4.78 is 0. The minimum absolute atomic E-state index is 0.000718. The van der Waals surface area contributed by atoms with E-state index in [1.807, 2.05) is 32.0 Å². The molecule has 2 aromatic rings. The third-order valence-corrected chi connectivity index (χ3v) is 3.61. The first-order valence-electron chi connectivity index (χ1n) is 7.08. The average Bonchev–Trinajstić information content (AvgIpc) is 2.49. The van der Waals surface area contributed by atoms with Crippen LogP contribution in [0.25, 0.3) is 0 Å². The van der Waals surface area contributed by atoms with Crippen molar-refractivity contribution >= 4 is 28.7 Å². The van der Waals surface area contributed by atoms with Crippen LogP contribution in [0.5, 0.6) is 11.5 Å². The number of phenolic OH excluding ortho intramolecular Hbond substituents is 2. The summed E-state index contributed by atoms with van der Waals surface area (Å²) in [6.45, 7) is 5.74. The molecule has 120 valence electrons. The molecule has 4 N–H and O–H groups in total. The van der Waals surface area contributed by atoms with E-state index < -0.39 is 0 Å². The molecule has 2 rings (SSSR count). The maximum absolute atomic E-state index is 9.82. The predicted molar refractivity (Wildman–Crippen MR) is 97.3 cm³/mol. The first-order chi connectivity index (χ1) is 10.9. The number of thiocarbonyl (C=S) groups is 1. The molecule has 0 aliphatic rings. The Labute approximate surface area is 140 Å². The number of nitrogens with one attached hydrogen (secondary N) is 2. The molecule has 0 spiro atoms. The molecule has 0 bridgehead atoms. The summed E-state index contributed by atoms with van der Waals surface area (Å²) in [4.78, 5) is 0. The number of hydrogen-bond acceptors (Lipinski definition) is 4.